The Bertz CT molecular complexity index is 2510. The summed E-state index contributed by atoms with van der Waals surface area (Å²) in [6, 6.07) is 15.3. The monoisotopic (exact) mass is 850 g/mol. The third-order valence-corrected chi connectivity index (χ3v) is 12.7. The third kappa shape index (κ3) is 10.5. The van der Waals surface area contributed by atoms with Crippen LogP contribution in [0.2, 0.25) is 0 Å². The van der Waals surface area contributed by atoms with Gasteiger partial charge < -0.3 is 20.1 Å². The molecule has 18 nitrogen and oxygen atoms in total. The summed E-state index contributed by atoms with van der Waals surface area (Å²) >= 11 is 0. The maximum Gasteiger partial charge on any atom is 0.321 e. The van der Waals surface area contributed by atoms with E-state index in [1.165, 1.54) is 12.1 Å². The Hall–Kier alpha value is -5.78. The number of hydrogen-bond donors (Lipinski definition) is 4. The summed E-state index contributed by atoms with van der Waals surface area (Å²) in [7, 11) is -16.3. The number of anilines is 2. The zero-order valence-electron chi connectivity index (χ0n) is 28.9. The molecule has 4 rings (SSSR count). The molecule has 296 valence electrons. The summed E-state index contributed by atoms with van der Waals surface area (Å²) in [6.45, 7) is 0. The van der Waals surface area contributed by atoms with Gasteiger partial charge in [0.2, 0.25) is 0 Å². The topological polar surface area (TPSA) is 288 Å². The lowest BCUT2D eigenvalue weighted by Gasteiger charge is -2.14. The highest BCUT2D eigenvalue weighted by Gasteiger charge is 2.24. The number of rotatable bonds is 14. The summed E-state index contributed by atoms with van der Waals surface area (Å²) in [5.74, 6) is -5.76. The fourth-order valence-electron chi connectivity index (χ4n) is 4.88. The van der Waals surface area contributed by atoms with Gasteiger partial charge in [0.1, 0.15) is 9.79 Å². The van der Waals surface area contributed by atoms with Crippen molar-refractivity contribution in [3.8, 4) is 0 Å². The van der Waals surface area contributed by atoms with Gasteiger partial charge in [0.05, 0.1) is 24.0 Å². The fraction of sp³-hybridized carbons (Fsp3) is 0.118. The smallest absolute Gasteiger partial charge is 0.321 e. The molecule has 4 N–H and O–H groups in total. The number of amides is 2. The molecule has 0 radical (unpaired) electrons. The Labute approximate surface area is 320 Å². The number of ether oxygens (including phenoxy) is 2. The molecule has 22 heteroatoms. The van der Waals surface area contributed by atoms with Gasteiger partial charge in [0.15, 0.2) is 31.2 Å². The molecule has 0 aliphatic heterocycles. The summed E-state index contributed by atoms with van der Waals surface area (Å²) in [5.41, 5.74) is -1.62. The van der Waals surface area contributed by atoms with Gasteiger partial charge >= 0.3 is 11.9 Å². The van der Waals surface area contributed by atoms with E-state index in [1.54, 1.807) is 0 Å². The first-order valence-electron chi connectivity index (χ1n) is 15.4. The molecular weight excluding hydrogens is 821 g/mol. The molecule has 0 unspecified atom stereocenters. The highest BCUT2D eigenvalue weighted by molar-refractivity contribution is 7.92. The predicted octanol–water partition coefficient (Wildman–Crippen LogP) is 2.75. The molecule has 4 aromatic carbocycles. The fourth-order valence-corrected chi connectivity index (χ4v) is 8.58. The molecule has 0 saturated heterocycles. The van der Waals surface area contributed by atoms with E-state index in [2.05, 4.69) is 20.1 Å². The quantitative estimate of drug-likeness (QED) is 0.0806. The van der Waals surface area contributed by atoms with Crippen LogP contribution in [0.15, 0.2) is 105 Å². The number of carbonyl (C=O) groups is 4. The van der Waals surface area contributed by atoms with E-state index in [0.717, 1.165) is 99.2 Å². The Balaban J connectivity index is 1.72. The molecular formula is C34H30N2O16S4. The zero-order valence-corrected chi connectivity index (χ0v) is 32.2. The molecule has 0 atom stereocenters. The highest BCUT2D eigenvalue weighted by atomic mass is 32.2. The van der Waals surface area contributed by atoms with Crippen molar-refractivity contribution >= 4 is 87.2 Å². The first kappa shape index (κ1) is 43.0. The lowest BCUT2D eigenvalue weighted by atomic mass is 10.1. The SMILES string of the molecule is COC(=O)CS(=O)(=O)c1ccc(C(=O)Nc2cccc(S(=O)(=O)O)c2/C=C/c2c(NC(=O)c3ccc(S(=O)(=O)CC(=O)OC)cc3)cccc2S(=O)(=O)O)cc1. The number of benzene rings is 4. The van der Waals surface area contributed by atoms with Crippen molar-refractivity contribution in [2.45, 2.75) is 19.6 Å². The van der Waals surface area contributed by atoms with Crippen molar-refractivity contribution in [1.82, 2.24) is 0 Å². The number of nitrogens with one attached hydrogen (secondary N) is 2. The number of hydrogen-bond acceptors (Lipinski definition) is 14. The molecule has 0 bridgehead atoms. The van der Waals surface area contributed by atoms with Crippen LogP contribution in [0.1, 0.15) is 31.8 Å². The molecule has 0 aliphatic carbocycles. The van der Waals surface area contributed by atoms with Gasteiger partial charge in [0, 0.05) is 33.6 Å². The molecule has 0 saturated carbocycles. The summed E-state index contributed by atoms with van der Waals surface area (Å²) in [4.78, 5) is 47.3. The van der Waals surface area contributed by atoms with Crippen LogP contribution in [0.3, 0.4) is 0 Å². The minimum atomic E-state index is -5.03. The van der Waals surface area contributed by atoms with Crippen LogP contribution in [-0.2, 0) is 59.0 Å². The lowest BCUT2D eigenvalue weighted by molar-refractivity contribution is -0.138. The van der Waals surface area contributed by atoms with Crippen LogP contribution in [0.4, 0.5) is 11.4 Å². The second-order valence-corrected chi connectivity index (χ2v) is 18.1. The van der Waals surface area contributed by atoms with Gasteiger partial charge in [0.25, 0.3) is 32.1 Å². The van der Waals surface area contributed by atoms with E-state index >= 15 is 0 Å². The van der Waals surface area contributed by atoms with Gasteiger partial charge in [-0.1, -0.05) is 24.3 Å². The van der Waals surface area contributed by atoms with E-state index < -0.39 is 96.1 Å². The maximum atomic E-state index is 13.2. The first-order chi connectivity index (χ1) is 26.1. The number of esters is 2. The van der Waals surface area contributed by atoms with Gasteiger partial charge in [-0.05, 0) is 72.8 Å². The third-order valence-electron chi connectivity index (χ3n) is 7.62. The molecule has 0 fully saturated rings. The number of carbonyl (C=O) groups excluding carboxylic acids is 4. The number of sulfone groups is 2. The zero-order chi connectivity index (χ0) is 41.6. The van der Waals surface area contributed by atoms with Gasteiger partial charge in [-0.2, -0.15) is 16.8 Å². The average molecular weight is 851 g/mol. The van der Waals surface area contributed by atoms with Crippen LogP contribution in [0.5, 0.6) is 0 Å². The normalized spacial score (nSPS) is 12.1. The maximum absolute atomic E-state index is 13.2. The van der Waals surface area contributed by atoms with Crippen LogP contribution < -0.4 is 10.6 Å². The van der Waals surface area contributed by atoms with Gasteiger partial charge in [-0.15, -0.1) is 0 Å². The standard InChI is InChI=1S/C34H30N2O16S4/c1-51-31(37)19-53(41,42)23-13-9-21(10-14-23)33(39)35-27-5-3-7-29(55(45,46)47)25(27)17-18-26-28(6-4-8-30(26)56(48,49)50)36-34(40)22-11-15-24(16-12-22)54(43,44)20-32(38)52-2/h3-18H,19-20H2,1-2H3,(H,35,39)(H,36,40)(H,45,46,47)(H,48,49,50)/b18-17+. The Morgan fingerprint density at radius 1 is 0.536 bits per heavy atom. The predicted molar refractivity (Wildman–Crippen MR) is 198 cm³/mol. The second kappa shape index (κ2) is 16.9. The molecule has 0 heterocycles. The van der Waals surface area contributed by atoms with E-state index in [1.807, 2.05) is 0 Å². The molecule has 0 aliphatic rings. The van der Waals surface area contributed by atoms with Gasteiger partial charge in [-0.25, -0.2) is 16.8 Å². The van der Waals surface area contributed by atoms with Crippen molar-refractivity contribution in [2.75, 3.05) is 36.4 Å². The van der Waals surface area contributed by atoms with E-state index in [4.69, 9.17) is 0 Å². The molecule has 2 amide bonds. The van der Waals surface area contributed by atoms with Crippen molar-refractivity contribution in [3.05, 3.63) is 107 Å². The molecule has 0 spiro atoms. The Morgan fingerprint density at radius 3 is 1.14 bits per heavy atom. The molecule has 4 aromatic rings. The van der Waals surface area contributed by atoms with Crippen LogP contribution in [0.25, 0.3) is 12.2 Å². The van der Waals surface area contributed by atoms with Crippen molar-refractivity contribution in [1.29, 1.82) is 0 Å². The number of methoxy groups -OCH3 is 2. The Kier molecular flexibility index (Phi) is 13.0. The van der Waals surface area contributed by atoms with E-state index in [-0.39, 0.29) is 32.3 Å². The summed E-state index contributed by atoms with van der Waals surface area (Å²) in [5, 5.41) is 4.84. The van der Waals surface area contributed by atoms with Crippen molar-refractivity contribution < 1.29 is 71.4 Å². The minimum Gasteiger partial charge on any atom is -0.468 e. The van der Waals surface area contributed by atoms with Crippen LogP contribution >= 0.6 is 0 Å². The summed E-state index contributed by atoms with van der Waals surface area (Å²) < 4.78 is 128. The second-order valence-electron chi connectivity index (χ2n) is 11.3. The van der Waals surface area contributed by atoms with E-state index in [9.17, 15) is 62.0 Å². The molecule has 56 heavy (non-hydrogen) atoms. The van der Waals surface area contributed by atoms with E-state index in [0.29, 0.717) is 0 Å². The summed E-state index contributed by atoms with van der Waals surface area (Å²) in [6.07, 6.45) is 1.92. The van der Waals surface area contributed by atoms with Crippen LogP contribution in [0, 0.1) is 0 Å². The van der Waals surface area contributed by atoms with Gasteiger partial charge in [-0.3, -0.25) is 28.3 Å². The van der Waals surface area contributed by atoms with Crippen molar-refractivity contribution in [2.24, 2.45) is 0 Å². The largest absolute Gasteiger partial charge is 0.468 e. The Morgan fingerprint density at radius 2 is 0.857 bits per heavy atom. The highest BCUT2D eigenvalue weighted by Crippen LogP contribution is 2.31. The first-order valence-corrected chi connectivity index (χ1v) is 21.6. The lowest BCUT2D eigenvalue weighted by Crippen LogP contribution is -2.18. The minimum absolute atomic E-state index is 0.134. The average Bonchev–Trinajstić information content (AvgIpc) is 3.13. The molecule has 0 aromatic heterocycles. The van der Waals surface area contributed by atoms with Crippen molar-refractivity contribution in [3.63, 3.8) is 0 Å². The van der Waals surface area contributed by atoms with Crippen LogP contribution in [-0.4, -0.2) is 92.3 Å².